The number of hydrogen-bond donors (Lipinski definition) is 1. The van der Waals surface area contributed by atoms with Crippen LogP contribution in [0.5, 0.6) is 0 Å². The van der Waals surface area contributed by atoms with E-state index in [0.29, 0.717) is 5.92 Å². The standard InChI is InChI=1S/C8H14O3/c1-10-7-4-5-2-3-6(9)8(5)11-7/h5-9H,2-4H2,1H3. The zero-order valence-electron chi connectivity index (χ0n) is 6.69. The van der Waals surface area contributed by atoms with Crippen molar-refractivity contribution in [2.75, 3.05) is 7.11 Å². The zero-order valence-corrected chi connectivity index (χ0v) is 6.69. The number of fused-ring (bicyclic) bond motifs is 1. The Morgan fingerprint density at radius 2 is 2.27 bits per heavy atom. The summed E-state index contributed by atoms with van der Waals surface area (Å²) in [5.41, 5.74) is 0. The highest BCUT2D eigenvalue weighted by Crippen LogP contribution is 2.39. The van der Waals surface area contributed by atoms with Gasteiger partial charge < -0.3 is 14.6 Å². The van der Waals surface area contributed by atoms with E-state index >= 15 is 0 Å². The molecular formula is C8H14O3. The first-order valence-electron chi connectivity index (χ1n) is 4.17. The van der Waals surface area contributed by atoms with Crippen LogP contribution in [-0.4, -0.2) is 30.7 Å². The molecule has 3 heteroatoms. The normalized spacial score (nSPS) is 49.6. The molecule has 4 unspecified atom stereocenters. The van der Waals surface area contributed by atoms with Crippen LogP contribution in [0.25, 0.3) is 0 Å². The Balaban J connectivity index is 1.98. The first-order valence-corrected chi connectivity index (χ1v) is 4.17. The minimum Gasteiger partial charge on any atom is -0.390 e. The number of aliphatic hydroxyl groups is 1. The lowest BCUT2D eigenvalue weighted by atomic mass is 10.0. The van der Waals surface area contributed by atoms with E-state index in [-0.39, 0.29) is 18.5 Å². The van der Waals surface area contributed by atoms with E-state index in [0.717, 1.165) is 19.3 Å². The Morgan fingerprint density at radius 3 is 2.91 bits per heavy atom. The summed E-state index contributed by atoms with van der Waals surface area (Å²) in [4.78, 5) is 0. The van der Waals surface area contributed by atoms with Gasteiger partial charge in [0.2, 0.25) is 0 Å². The molecule has 0 amide bonds. The fraction of sp³-hybridized carbons (Fsp3) is 1.00. The average Bonchev–Trinajstić information content (AvgIpc) is 2.53. The van der Waals surface area contributed by atoms with Gasteiger partial charge in [-0.1, -0.05) is 0 Å². The summed E-state index contributed by atoms with van der Waals surface area (Å²) in [6, 6.07) is 0. The molecule has 4 atom stereocenters. The minimum absolute atomic E-state index is 0.0555. The van der Waals surface area contributed by atoms with Crippen LogP contribution >= 0.6 is 0 Å². The SMILES string of the molecule is COC1CC2CCC(O)C2O1. The molecule has 0 spiro atoms. The maximum absolute atomic E-state index is 9.43. The Bertz CT molecular complexity index is 148. The van der Waals surface area contributed by atoms with Gasteiger partial charge in [-0.2, -0.15) is 0 Å². The smallest absolute Gasteiger partial charge is 0.158 e. The first-order chi connectivity index (χ1) is 5.31. The van der Waals surface area contributed by atoms with Crippen molar-refractivity contribution >= 4 is 0 Å². The molecule has 3 nitrogen and oxygen atoms in total. The summed E-state index contributed by atoms with van der Waals surface area (Å²) in [5.74, 6) is 0.537. The van der Waals surface area contributed by atoms with Crippen LogP contribution in [0.2, 0.25) is 0 Å². The first kappa shape index (κ1) is 7.53. The second kappa shape index (κ2) is 2.73. The second-order valence-electron chi connectivity index (χ2n) is 3.41. The number of rotatable bonds is 1. The van der Waals surface area contributed by atoms with E-state index in [1.54, 1.807) is 7.11 Å². The van der Waals surface area contributed by atoms with Gasteiger partial charge >= 0.3 is 0 Å². The highest BCUT2D eigenvalue weighted by molar-refractivity contribution is 4.90. The largest absolute Gasteiger partial charge is 0.390 e. The van der Waals surface area contributed by atoms with Gasteiger partial charge in [-0.05, 0) is 18.8 Å². The molecular weight excluding hydrogens is 144 g/mol. The lowest BCUT2D eigenvalue weighted by Crippen LogP contribution is -2.24. The monoisotopic (exact) mass is 158 g/mol. The van der Waals surface area contributed by atoms with Gasteiger partial charge in [0.05, 0.1) is 12.2 Å². The summed E-state index contributed by atoms with van der Waals surface area (Å²) in [5, 5.41) is 9.43. The minimum atomic E-state index is -0.250. The molecule has 1 N–H and O–H groups in total. The molecule has 0 aromatic heterocycles. The van der Waals surface area contributed by atoms with Crippen LogP contribution in [0.1, 0.15) is 19.3 Å². The number of hydrogen-bond acceptors (Lipinski definition) is 3. The predicted molar refractivity (Wildman–Crippen MR) is 39.0 cm³/mol. The van der Waals surface area contributed by atoms with Gasteiger partial charge in [-0.25, -0.2) is 0 Å². The molecule has 1 saturated carbocycles. The quantitative estimate of drug-likeness (QED) is 0.604. The summed E-state index contributed by atoms with van der Waals surface area (Å²) >= 11 is 0. The number of ether oxygens (including phenoxy) is 2. The van der Waals surface area contributed by atoms with Gasteiger partial charge in [0.1, 0.15) is 0 Å². The van der Waals surface area contributed by atoms with Crippen LogP contribution in [0, 0.1) is 5.92 Å². The van der Waals surface area contributed by atoms with Crippen molar-refractivity contribution in [2.45, 2.75) is 37.8 Å². The summed E-state index contributed by atoms with van der Waals surface area (Å²) in [6.07, 6.45) is 2.68. The van der Waals surface area contributed by atoms with E-state index in [4.69, 9.17) is 9.47 Å². The van der Waals surface area contributed by atoms with Gasteiger partial charge in [-0.15, -0.1) is 0 Å². The molecule has 1 heterocycles. The van der Waals surface area contributed by atoms with Crippen LogP contribution in [0.3, 0.4) is 0 Å². The fourth-order valence-corrected chi connectivity index (χ4v) is 2.11. The molecule has 1 aliphatic carbocycles. The average molecular weight is 158 g/mol. The molecule has 2 aliphatic rings. The third-order valence-corrected chi connectivity index (χ3v) is 2.74. The molecule has 0 aromatic rings. The molecule has 0 radical (unpaired) electrons. The van der Waals surface area contributed by atoms with Crippen molar-refractivity contribution in [2.24, 2.45) is 5.92 Å². The highest BCUT2D eigenvalue weighted by atomic mass is 16.7. The van der Waals surface area contributed by atoms with Gasteiger partial charge in [0.15, 0.2) is 6.29 Å². The molecule has 1 saturated heterocycles. The zero-order chi connectivity index (χ0) is 7.84. The van der Waals surface area contributed by atoms with E-state index in [1.165, 1.54) is 0 Å². The van der Waals surface area contributed by atoms with Crippen molar-refractivity contribution in [1.82, 2.24) is 0 Å². The number of methoxy groups -OCH3 is 1. The van der Waals surface area contributed by atoms with E-state index < -0.39 is 0 Å². The van der Waals surface area contributed by atoms with Crippen LogP contribution in [-0.2, 0) is 9.47 Å². The van der Waals surface area contributed by atoms with E-state index in [1.807, 2.05) is 0 Å². The Morgan fingerprint density at radius 1 is 1.45 bits per heavy atom. The molecule has 64 valence electrons. The lowest BCUT2D eigenvalue weighted by Gasteiger charge is -2.13. The van der Waals surface area contributed by atoms with Gasteiger partial charge in [-0.3, -0.25) is 0 Å². The fourth-order valence-electron chi connectivity index (χ4n) is 2.11. The van der Waals surface area contributed by atoms with E-state index in [2.05, 4.69) is 0 Å². The van der Waals surface area contributed by atoms with Crippen molar-refractivity contribution in [3.8, 4) is 0 Å². The maximum atomic E-state index is 9.43. The molecule has 0 bridgehead atoms. The molecule has 0 aromatic carbocycles. The van der Waals surface area contributed by atoms with Crippen LogP contribution < -0.4 is 0 Å². The molecule has 1 aliphatic heterocycles. The molecule has 11 heavy (non-hydrogen) atoms. The summed E-state index contributed by atoms with van der Waals surface area (Å²) in [6.45, 7) is 0. The third kappa shape index (κ3) is 1.17. The van der Waals surface area contributed by atoms with Crippen molar-refractivity contribution in [3.05, 3.63) is 0 Å². The lowest BCUT2D eigenvalue weighted by molar-refractivity contribution is -0.136. The Hall–Kier alpha value is -0.120. The summed E-state index contributed by atoms with van der Waals surface area (Å²) < 4.78 is 10.5. The highest BCUT2D eigenvalue weighted by Gasteiger charge is 2.43. The number of aliphatic hydroxyl groups excluding tert-OH is 1. The maximum Gasteiger partial charge on any atom is 0.158 e. The van der Waals surface area contributed by atoms with Crippen LogP contribution in [0.4, 0.5) is 0 Å². The predicted octanol–water partition coefficient (Wildman–Crippen LogP) is 0.519. The van der Waals surface area contributed by atoms with Gasteiger partial charge in [0.25, 0.3) is 0 Å². The Labute approximate surface area is 66.3 Å². The summed E-state index contributed by atoms with van der Waals surface area (Å²) in [7, 11) is 1.65. The molecule has 2 fully saturated rings. The Kier molecular flexibility index (Phi) is 1.87. The van der Waals surface area contributed by atoms with Crippen LogP contribution in [0.15, 0.2) is 0 Å². The third-order valence-electron chi connectivity index (χ3n) is 2.74. The second-order valence-corrected chi connectivity index (χ2v) is 3.41. The topological polar surface area (TPSA) is 38.7 Å². The molecule has 2 rings (SSSR count). The van der Waals surface area contributed by atoms with Crippen molar-refractivity contribution in [3.63, 3.8) is 0 Å². The van der Waals surface area contributed by atoms with Crippen molar-refractivity contribution < 1.29 is 14.6 Å². The van der Waals surface area contributed by atoms with Gasteiger partial charge in [0, 0.05) is 13.5 Å². The van der Waals surface area contributed by atoms with Crippen molar-refractivity contribution in [1.29, 1.82) is 0 Å². The van der Waals surface area contributed by atoms with E-state index in [9.17, 15) is 5.11 Å².